The third-order valence-electron chi connectivity index (χ3n) is 3.46. The molecule has 0 radical (unpaired) electrons. The van der Waals surface area contributed by atoms with Gasteiger partial charge >= 0.3 is 0 Å². The SMILES string of the molecule is Cc1nn(C2CCN(C(C)C)CC2)cc1F. The number of aryl methyl sites for hydroxylation is 1. The lowest BCUT2D eigenvalue weighted by molar-refractivity contribution is 0.147. The average Bonchev–Trinajstić information content (AvgIpc) is 2.59. The number of hydrogen-bond acceptors (Lipinski definition) is 2. The van der Waals surface area contributed by atoms with Crippen LogP contribution in [0, 0.1) is 12.7 Å². The molecule has 0 amide bonds. The largest absolute Gasteiger partial charge is 0.301 e. The van der Waals surface area contributed by atoms with Gasteiger partial charge in [0.25, 0.3) is 0 Å². The Kier molecular flexibility index (Phi) is 3.28. The van der Waals surface area contributed by atoms with Gasteiger partial charge in [-0.15, -0.1) is 0 Å². The van der Waals surface area contributed by atoms with Crippen LogP contribution in [0.25, 0.3) is 0 Å². The fraction of sp³-hybridized carbons (Fsp3) is 0.750. The molecule has 2 heterocycles. The highest BCUT2D eigenvalue weighted by atomic mass is 19.1. The number of rotatable bonds is 2. The normalized spacial score (nSPS) is 19.6. The van der Waals surface area contributed by atoms with Crippen molar-refractivity contribution >= 4 is 0 Å². The summed E-state index contributed by atoms with van der Waals surface area (Å²) in [7, 11) is 0. The summed E-state index contributed by atoms with van der Waals surface area (Å²) in [5.74, 6) is -0.189. The number of likely N-dealkylation sites (tertiary alicyclic amines) is 1. The molecule has 0 N–H and O–H groups in total. The van der Waals surface area contributed by atoms with E-state index in [4.69, 9.17) is 0 Å². The molecule has 1 aliphatic heterocycles. The zero-order valence-corrected chi connectivity index (χ0v) is 10.3. The maximum atomic E-state index is 13.2. The van der Waals surface area contributed by atoms with Crippen LogP contribution in [0.3, 0.4) is 0 Å². The monoisotopic (exact) mass is 225 g/mol. The molecule has 0 bridgehead atoms. The van der Waals surface area contributed by atoms with E-state index in [1.807, 2.05) is 4.68 Å². The minimum atomic E-state index is -0.189. The standard InChI is InChI=1S/C12H20FN3/c1-9(2)15-6-4-11(5-7-15)16-8-12(13)10(3)14-16/h8-9,11H,4-7H2,1-3H3. The second-order valence-electron chi connectivity index (χ2n) is 4.90. The van der Waals surface area contributed by atoms with E-state index in [0.29, 0.717) is 17.8 Å². The molecule has 0 aromatic carbocycles. The first-order valence-corrected chi connectivity index (χ1v) is 6.03. The fourth-order valence-electron chi connectivity index (χ4n) is 2.31. The molecule has 1 aromatic heterocycles. The second-order valence-corrected chi connectivity index (χ2v) is 4.90. The lowest BCUT2D eigenvalue weighted by Crippen LogP contribution is -2.39. The van der Waals surface area contributed by atoms with Crippen molar-refractivity contribution in [3.63, 3.8) is 0 Å². The molecule has 0 saturated carbocycles. The van der Waals surface area contributed by atoms with Gasteiger partial charge in [0.05, 0.1) is 17.9 Å². The Morgan fingerprint density at radius 2 is 2.00 bits per heavy atom. The van der Waals surface area contributed by atoms with Gasteiger partial charge in [-0.3, -0.25) is 4.68 Å². The van der Waals surface area contributed by atoms with Crippen molar-refractivity contribution in [2.75, 3.05) is 13.1 Å². The van der Waals surface area contributed by atoms with E-state index in [0.717, 1.165) is 25.9 Å². The maximum Gasteiger partial charge on any atom is 0.163 e. The maximum absolute atomic E-state index is 13.2. The van der Waals surface area contributed by atoms with E-state index in [1.54, 1.807) is 6.92 Å². The fourth-order valence-corrected chi connectivity index (χ4v) is 2.31. The van der Waals surface area contributed by atoms with E-state index in [1.165, 1.54) is 6.20 Å². The zero-order valence-electron chi connectivity index (χ0n) is 10.3. The van der Waals surface area contributed by atoms with E-state index in [2.05, 4.69) is 23.8 Å². The quantitative estimate of drug-likeness (QED) is 0.770. The lowest BCUT2D eigenvalue weighted by atomic mass is 10.0. The topological polar surface area (TPSA) is 21.1 Å². The summed E-state index contributed by atoms with van der Waals surface area (Å²) >= 11 is 0. The van der Waals surface area contributed by atoms with E-state index < -0.39 is 0 Å². The predicted octanol–water partition coefficient (Wildman–Crippen LogP) is 2.38. The Morgan fingerprint density at radius 1 is 1.38 bits per heavy atom. The summed E-state index contributed by atoms with van der Waals surface area (Å²) < 4.78 is 15.0. The van der Waals surface area contributed by atoms with Crippen LogP contribution < -0.4 is 0 Å². The molecular weight excluding hydrogens is 205 g/mol. The smallest absolute Gasteiger partial charge is 0.163 e. The molecule has 0 atom stereocenters. The Morgan fingerprint density at radius 3 is 2.44 bits per heavy atom. The third kappa shape index (κ3) is 2.26. The van der Waals surface area contributed by atoms with Gasteiger partial charge in [-0.2, -0.15) is 5.10 Å². The highest BCUT2D eigenvalue weighted by Gasteiger charge is 2.23. The van der Waals surface area contributed by atoms with Crippen molar-refractivity contribution < 1.29 is 4.39 Å². The molecule has 16 heavy (non-hydrogen) atoms. The second kappa shape index (κ2) is 4.53. The first kappa shape index (κ1) is 11.6. The Labute approximate surface area is 96.2 Å². The van der Waals surface area contributed by atoms with Gasteiger partial charge in [0.1, 0.15) is 0 Å². The van der Waals surface area contributed by atoms with Crippen molar-refractivity contribution in [1.29, 1.82) is 0 Å². The average molecular weight is 225 g/mol. The van der Waals surface area contributed by atoms with Gasteiger partial charge in [0, 0.05) is 19.1 Å². The van der Waals surface area contributed by atoms with Gasteiger partial charge in [0.15, 0.2) is 5.82 Å². The molecule has 1 saturated heterocycles. The van der Waals surface area contributed by atoms with Crippen molar-refractivity contribution in [2.45, 2.75) is 45.7 Å². The van der Waals surface area contributed by atoms with Crippen molar-refractivity contribution in [3.8, 4) is 0 Å². The minimum absolute atomic E-state index is 0.189. The number of halogens is 1. The number of nitrogens with zero attached hydrogens (tertiary/aromatic N) is 3. The van der Waals surface area contributed by atoms with E-state index in [-0.39, 0.29) is 5.82 Å². The van der Waals surface area contributed by atoms with Crippen LogP contribution in [0.1, 0.15) is 38.4 Å². The van der Waals surface area contributed by atoms with Crippen molar-refractivity contribution in [2.24, 2.45) is 0 Å². The summed E-state index contributed by atoms with van der Waals surface area (Å²) in [6.45, 7) is 8.33. The van der Waals surface area contributed by atoms with Gasteiger partial charge in [-0.1, -0.05) is 0 Å². The molecule has 2 rings (SSSR count). The molecule has 90 valence electrons. The summed E-state index contributed by atoms with van der Waals surface area (Å²) in [6.07, 6.45) is 3.67. The minimum Gasteiger partial charge on any atom is -0.301 e. The number of aromatic nitrogens is 2. The molecule has 0 spiro atoms. The van der Waals surface area contributed by atoms with Crippen LogP contribution >= 0.6 is 0 Å². The molecule has 3 nitrogen and oxygen atoms in total. The van der Waals surface area contributed by atoms with E-state index >= 15 is 0 Å². The van der Waals surface area contributed by atoms with Crippen LogP contribution in [-0.4, -0.2) is 33.8 Å². The predicted molar refractivity (Wildman–Crippen MR) is 61.9 cm³/mol. The number of piperidine rings is 1. The first-order chi connectivity index (χ1) is 7.58. The molecular formula is C12H20FN3. The molecule has 1 aliphatic rings. The Balaban J connectivity index is 1.99. The zero-order chi connectivity index (χ0) is 11.7. The van der Waals surface area contributed by atoms with Gasteiger partial charge < -0.3 is 4.90 Å². The van der Waals surface area contributed by atoms with Gasteiger partial charge in [-0.05, 0) is 33.6 Å². The third-order valence-corrected chi connectivity index (χ3v) is 3.46. The van der Waals surface area contributed by atoms with E-state index in [9.17, 15) is 4.39 Å². The van der Waals surface area contributed by atoms with Crippen molar-refractivity contribution in [1.82, 2.24) is 14.7 Å². The summed E-state index contributed by atoms with van der Waals surface area (Å²) in [5.41, 5.74) is 0.506. The highest BCUT2D eigenvalue weighted by molar-refractivity contribution is 5.00. The van der Waals surface area contributed by atoms with Crippen LogP contribution in [-0.2, 0) is 0 Å². The summed E-state index contributed by atoms with van der Waals surface area (Å²) in [4.78, 5) is 2.46. The van der Waals surface area contributed by atoms with Crippen molar-refractivity contribution in [3.05, 3.63) is 17.7 Å². The summed E-state index contributed by atoms with van der Waals surface area (Å²) in [6, 6.07) is 0.982. The summed E-state index contributed by atoms with van der Waals surface area (Å²) in [5, 5.41) is 4.23. The first-order valence-electron chi connectivity index (χ1n) is 6.03. The molecule has 1 aromatic rings. The molecule has 0 unspecified atom stereocenters. The van der Waals surface area contributed by atoms with Crippen LogP contribution in [0.5, 0.6) is 0 Å². The van der Waals surface area contributed by atoms with Gasteiger partial charge in [-0.25, -0.2) is 4.39 Å². The van der Waals surface area contributed by atoms with Crippen LogP contribution in [0.15, 0.2) is 6.20 Å². The number of hydrogen-bond donors (Lipinski definition) is 0. The van der Waals surface area contributed by atoms with Crippen LogP contribution in [0.2, 0.25) is 0 Å². The molecule has 4 heteroatoms. The van der Waals surface area contributed by atoms with Crippen LogP contribution in [0.4, 0.5) is 4.39 Å². The molecule has 1 fully saturated rings. The Bertz CT molecular complexity index is 332. The highest BCUT2D eigenvalue weighted by Crippen LogP contribution is 2.23. The van der Waals surface area contributed by atoms with Gasteiger partial charge in [0.2, 0.25) is 0 Å². The Hall–Kier alpha value is -0.900. The lowest BCUT2D eigenvalue weighted by Gasteiger charge is -2.34. The molecule has 0 aliphatic carbocycles.